The highest BCUT2D eigenvalue weighted by molar-refractivity contribution is 7.99. The Morgan fingerprint density at radius 1 is 1.42 bits per heavy atom. The summed E-state index contributed by atoms with van der Waals surface area (Å²) >= 11 is 1.37. The van der Waals surface area contributed by atoms with Gasteiger partial charge >= 0.3 is 5.97 Å². The van der Waals surface area contributed by atoms with Crippen LogP contribution < -0.4 is 0 Å². The molecule has 2 rings (SSSR count). The first-order valence-electron chi connectivity index (χ1n) is 5.48. The van der Waals surface area contributed by atoms with Gasteiger partial charge in [0.1, 0.15) is 11.8 Å². The Balaban J connectivity index is 2.39. The number of hydrogen-bond acceptors (Lipinski definition) is 4. The number of aromatic nitrogens is 1. The quantitative estimate of drug-likeness (QED) is 0.927. The van der Waals surface area contributed by atoms with Gasteiger partial charge in [0.25, 0.3) is 0 Å². The number of hydrogen-bond donors (Lipinski definition) is 1. The molecule has 1 N–H and O–H groups in total. The smallest absolute Gasteiger partial charge is 0.354 e. The molecule has 0 saturated heterocycles. The fourth-order valence-electron chi connectivity index (χ4n) is 1.59. The van der Waals surface area contributed by atoms with E-state index in [2.05, 4.69) is 11.1 Å². The van der Waals surface area contributed by atoms with E-state index in [0.29, 0.717) is 5.56 Å². The zero-order chi connectivity index (χ0) is 13.8. The zero-order valence-corrected chi connectivity index (χ0v) is 10.9. The van der Waals surface area contributed by atoms with Crippen LogP contribution in [0.1, 0.15) is 21.6 Å². The molecule has 2 aromatic rings. The lowest BCUT2D eigenvalue weighted by molar-refractivity contribution is 0.0690. The predicted octanol–water partition coefficient (Wildman–Crippen LogP) is 3.11. The van der Waals surface area contributed by atoms with Gasteiger partial charge in [-0.05, 0) is 30.7 Å². The second kappa shape index (κ2) is 5.55. The SMILES string of the molecule is Cc1cccc(C#N)c1Sc1ccnc(C(=O)O)c1. The molecule has 0 unspecified atom stereocenters. The van der Waals surface area contributed by atoms with Gasteiger partial charge in [0.05, 0.1) is 5.56 Å². The summed E-state index contributed by atoms with van der Waals surface area (Å²) in [5, 5.41) is 18.0. The molecule has 0 saturated carbocycles. The minimum absolute atomic E-state index is 0.00269. The third-order valence-electron chi connectivity index (χ3n) is 2.50. The summed E-state index contributed by atoms with van der Waals surface area (Å²) in [5.74, 6) is -1.06. The average Bonchev–Trinajstić information content (AvgIpc) is 2.41. The van der Waals surface area contributed by atoms with Crippen LogP contribution in [0.2, 0.25) is 0 Å². The van der Waals surface area contributed by atoms with Gasteiger partial charge in [0.2, 0.25) is 0 Å². The molecule has 19 heavy (non-hydrogen) atoms. The maximum atomic E-state index is 10.9. The molecule has 0 fully saturated rings. The van der Waals surface area contributed by atoms with Crippen LogP contribution in [0, 0.1) is 18.3 Å². The Bertz CT molecular complexity index is 677. The molecule has 0 radical (unpaired) electrons. The van der Waals surface area contributed by atoms with Gasteiger partial charge in [-0.15, -0.1) is 0 Å². The van der Waals surface area contributed by atoms with E-state index in [1.54, 1.807) is 12.1 Å². The molecule has 1 aromatic carbocycles. The standard InChI is InChI=1S/C14H10N2O2S/c1-9-3-2-4-10(8-15)13(9)19-11-5-6-16-12(7-11)14(17)18/h2-7H,1H3,(H,17,18). The molecule has 0 amide bonds. The predicted molar refractivity (Wildman–Crippen MR) is 71.2 cm³/mol. The van der Waals surface area contributed by atoms with Crippen molar-refractivity contribution in [1.29, 1.82) is 5.26 Å². The first-order valence-corrected chi connectivity index (χ1v) is 6.30. The largest absolute Gasteiger partial charge is 0.477 e. The Hall–Kier alpha value is -2.32. The van der Waals surface area contributed by atoms with Crippen LogP contribution in [-0.4, -0.2) is 16.1 Å². The lowest BCUT2D eigenvalue weighted by atomic mass is 10.1. The Morgan fingerprint density at radius 3 is 2.89 bits per heavy atom. The minimum Gasteiger partial charge on any atom is -0.477 e. The van der Waals surface area contributed by atoms with Crippen molar-refractivity contribution >= 4 is 17.7 Å². The molecule has 94 valence electrons. The molecule has 0 bridgehead atoms. The molecular weight excluding hydrogens is 260 g/mol. The van der Waals surface area contributed by atoms with E-state index in [1.165, 1.54) is 24.0 Å². The first kappa shape index (κ1) is 13.1. The molecule has 0 spiro atoms. The third kappa shape index (κ3) is 2.92. The van der Waals surface area contributed by atoms with E-state index in [9.17, 15) is 4.79 Å². The monoisotopic (exact) mass is 270 g/mol. The maximum absolute atomic E-state index is 10.9. The summed E-state index contributed by atoms with van der Waals surface area (Å²) in [6.45, 7) is 1.92. The number of nitrogens with zero attached hydrogens (tertiary/aromatic N) is 2. The number of carbonyl (C=O) groups is 1. The Morgan fingerprint density at radius 2 is 2.21 bits per heavy atom. The van der Waals surface area contributed by atoms with Crippen LogP contribution in [0.5, 0.6) is 0 Å². The van der Waals surface area contributed by atoms with E-state index >= 15 is 0 Å². The van der Waals surface area contributed by atoms with Gasteiger partial charge in [-0.3, -0.25) is 0 Å². The summed E-state index contributed by atoms with van der Waals surface area (Å²) < 4.78 is 0. The van der Waals surface area contributed by atoms with Gasteiger partial charge in [-0.1, -0.05) is 23.9 Å². The fraction of sp³-hybridized carbons (Fsp3) is 0.0714. The van der Waals surface area contributed by atoms with Crippen molar-refractivity contribution in [3.63, 3.8) is 0 Å². The molecule has 0 atom stereocenters. The lowest BCUT2D eigenvalue weighted by Gasteiger charge is -2.07. The number of aromatic carboxylic acids is 1. The van der Waals surface area contributed by atoms with Gasteiger partial charge < -0.3 is 5.11 Å². The number of pyridine rings is 1. The molecule has 4 nitrogen and oxygen atoms in total. The highest BCUT2D eigenvalue weighted by atomic mass is 32.2. The van der Waals surface area contributed by atoms with E-state index in [0.717, 1.165) is 15.4 Å². The zero-order valence-electron chi connectivity index (χ0n) is 10.1. The van der Waals surface area contributed by atoms with Crippen LogP contribution in [0.4, 0.5) is 0 Å². The van der Waals surface area contributed by atoms with Crippen molar-refractivity contribution in [3.05, 3.63) is 53.3 Å². The summed E-state index contributed by atoms with van der Waals surface area (Å²) in [6, 6.07) is 10.9. The number of nitriles is 1. The van der Waals surface area contributed by atoms with Crippen molar-refractivity contribution in [2.45, 2.75) is 16.7 Å². The number of aryl methyl sites for hydroxylation is 1. The second-order valence-electron chi connectivity index (χ2n) is 3.85. The van der Waals surface area contributed by atoms with Crippen molar-refractivity contribution in [2.75, 3.05) is 0 Å². The number of rotatable bonds is 3. The number of carboxylic acids is 1. The molecule has 5 heteroatoms. The van der Waals surface area contributed by atoms with Crippen LogP contribution in [0.25, 0.3) is 0 Å². The topological polar surface area (TPSA) is 74.0 Å². The maximum Gasteiger partial charge on any atom is 0.354 e. The molecule has 0 aliphatic carbocycles. The van der Waals surface area contributed by atoms with E-state index in [-0.39, 0.29) is 5.69 Å². The molecule has 1 heterocycles. The molecule has 0 aliphatic rings. The molecular formula is C14H10N2O2S. The Labute approximate surface area is 114 Å². The minimum atomic E-state index is -1.06. The highest BCUT2D eigenvalue weighted by Gasteiger charge is 2.10. The summed E-state index contributed by atoms with van der Waals surface area (Å²) in [6.07, 6.45) is 1.45. The van der Waals surface area contributed by atoms with Crippen LogP contribution >= 0.6 is 11.8 Å². The molecule has 0 aliphatic heterocycles. The summed E-state index contributed by atoms with van der Waals surface area (Å²) in [4.78, 5) is 16.2. The third-order valence-corrected chi connectivity index (χ3v) is 3.74. The summed E-state index contributed by atoms with van der Waals surface area (Å²) in [5.41, 5.74) is 1.56. The number of benzene rings is 1. The van der Waals surface area contributed by atoms with E-state index in [1.807, 2.05) is 19.1 Å². The van der Waals surface area contributed by atoms with E-state index in [4.69, 9.17) is 10.4 Å². The summed E-state index contributed by atoms with van der Waals surface area (Å²) in [7, 11) is 0. The fourth-order valence-corrected chi connectivity index (χ4v) is 2.57. The average molecular weight is 270 g/mol. The number of carboxylic acid groups (broad SMARTS) is 1. The van der Waals surface area contributed by atoms with Crippen LogP contribution in [-0.2, 0) is 0 Å². The van der Waals surface area contributed by atoms with Gasteiger partial charge in [-0.25, -0.2) is 9.78 Å². The van der Waals surface area contributed by atoms with Crippen LogP contribution in [0.3, 0.4) is 0 Å². The lowest BCUT2D eigenvalue weighted by Crippen LogP contribution is -1.99. The van der Waals surface area contributed by atoms with Crippen molar-refractivity contribution < 1.29 is 9.90 Å². The molecule has 1 aromatic heterocycles. The normalized spacial score (nSPS) is 9.89. The Kier molecular flexibility index (Phi) is 3.83. The van der Waals surface area contributed by atoms with Gasteiger partial charge in [0.15, 0.2) is 0 Å². The van der Waals surface area contributed by atoms with Gasteiger partial charge in [-0.2, -0.15) is 5.26 Å². The van der Waals surface area contributed by atoms with Gasteiger partial charge in [0, 0.05) is 16.0 Å². The second-order valence-corrected chi connectivity index (χ2v) is 4.93. The van der Waals surface area contributed by atoms with Crippen molar-refractivity contribution in [3.8, 4) is 6.07 Å². The van der Waals surface area contributed by atoms with Crippen LogP contribution in [0.15, 0.2) is 46.3 Å². The van der Waals surface area contributed by atoms with Crippen molar-refractivity contribution in [2.24, 2.45) is 0 Å². The van der Waals surface area contributed by atoms with E-state index < -0.39 is 5.97 Å². The van der Waals surface area contributed by atoms with Crippen molar-refractivity contribution in [1.82, 2.24) is 4.98 Å². The highest BCUT2D eigenvalue weighted by Crippen LogP contribution is 2.32. The first-order chi connectivity index (χ1) is 9.11.